The van der Waals surface area contributed by atoms with Crippen LogP contribution in [0.1, 0.15) is 5.56 Å². The van der Waals surface area contributed by atoms with Crippen LogP contribution in [0.3, 0.4) is 0 Å². The smallest absolute Gasteiger partial charge is 0.127 e. The Kier molecular flexibility index (Phi) is 4.47. The van der Waals surface area contributed by atoms with Gasteiger partial charge in [-0.2, -0.15) is 0 Å². The maximum absolute atomic E-state index is 5.79. The first-order chi connectivity index (χ1) is 9.22. The Morgan fingerprint density at radius 1 is 1.16 bits per heavy atom. The molecule has 2 rings (SSSR count). The summed E-state index contributed by atoms with van der Waals surface area (Å²) in [6.07, 6.45) is 1.61. The molecule has 0 bridgehead atoms. The zero-order chi connectivity index (χ0) is 13.7. The third-order valence-corrected chi connectivity index (χ3v) is 2.91. The molecule has 0 fully saturated rings. The summed E-state index contributed by atoms with van der Waals surface area (Å²) in [5, 5.41) is 3.83. The molecular weight excluding hydrogens is 264 g/mol. The average molecular weight is 279 g/mol. The minimum absolute atomic E-state index is 0.613. The van der Waals surface area contributed by atoms with E-state index in [0.29, 0.717) is 11.6 Å². The number of benzene rings is 1. The lowest BCUT2D eigenvalue weighted by Gasteiger charge is -2.11. The fourth-order valence-corrected chi connectivity index (χ4v) is 1.78. The van der Waals surface area contributed by atoms with Gasteiger partial charge in [-0.15, -0.1) is 0 Å². The third-order valence-electron chi connectivity index (χ3n) is 2.68. The maximum atomic E-state index is 5.79. The van der Waals surface area contributed by atoms with Gasteiger partial charge in [0.05, 0.1) is 19.2 Å². The monoisotopic (exact) mass is 278 g/mol. The lowest BCUT2D eigenvalue weighted by Crippen LogP contribution is -2.03. The molecule has 0 radical (unpaired) electrons. The zero-order valence-corrected chi connectivity index (χ0v) is 11.6. The first kappa shape index (κ1) is 13.5. The summed E-state index contributed by atoms with van der Waals surface area (Å²) >= 11 is 5.79. The molecule has 0 spiro atoms. The van der Waals surface area contributed by atoms with Crippen molar-refractivity contribution in [1.29, 1.82) is 0 Å². The van der Waals surface area contributed by atoms with E-state index in [4.69, 9.17) is 21.1 Å². The second-order valence-corrected chi connectivity index (χ2v) is 4.33. The normalized spacial score (nSPS) is 10.1. The Balaban J connectivity index is 2.08. The van der Waals surface area contributed by atoms with E-state index < -0.39 is 0 Å². The summed E-state index contributed by atoms with van der Waals surface area (Å²) in [6.45, 7) is 0.613. The molecule has 5 heteroatoms. The van der Waals surface area contributed by atoms with Gasteiger partial charge in [-0.25, -0.2) is 4.98 Å². The van der Waals surface area contributed by atoms with E-state index in [1.807, 2.05) is 24.3 Å². The van der Waals surface area contributed by atoms with Crippen LogP contribution >= 0.6 is 11.6 Å². The van der Waals surface area contributed by atoms with Gasteiger partial charge in [-0.1, -0.05) is 11.6 Å². The molecule has 4 nitrogen and oxygen atoms in total. The number of methoxy groups -OCH3 is 2. The third kappa shape index (κ3) is 3.51. The lowest BCUT2D eigenvalue weighted by molar-refractivity contribution is 0.391. The van der Waals surface area contributed by atoms with Gasteiger partial charge >= 0.3 is 0 Å². The number of aromatic nitrogens is 1. The molecule has 100 valence electrons. The molecule has 2 aromatic rings. The van der Waals surface area contributed by atoms with Gasteiger partial charge in [0, 0.05) is 24.4 Å². The van der Waals surface area contributed by atoms with Crippen molar-refractivity contribution in [2.75, 3.05) is 19.5 Å². The molecule has 0 aliphatic heterocycles. The van der Waals surface area contributed by atoms with E-state index >= 15 is 0 Å². The minimum atomic E-state index is 0.613. The molecule has 0 aliphatic rings. The Bertz CT molecular complexity index is 544. The van der Waals surface area contributed by atoms with Gasteiger partial charge in [0.1, 0.15) is 17.3 Å². The van der Waals surface area contributed by atoms with E-state index in [0.717, 1.165) is 22.9 Å². The van der Waals surface area contributed by atoms with E-state index in [2.05, 4.69) is 10.3 Å². The van der Waals surface area contributed by atoms with E-state index in [9.17, 15) is 0 Å². The number of ether oxygens (including phenoxy) is 2. The number of nitrogens with zero attached hydrogens (tertiary/aromatic N) is 1. The summed E-state index contributed by atoms with van der Waals surface area (Å²) in [4.78, 5) is 4.17. The van der Waals surface area contributed by atoms with Gasteiger partial charge in [0.15, 0.2) is 0 Å². The standard InChI is InChI=1S/C14H15ClN2O2/c1-18-12-5-3-10(13(7-12)19-2)8-16-14-6-4-11(15)9-17-14/h3-7,9H,8H2,1-2H3,(H,16,17). The predicted molar refractivity (Wildman–Crippen MR) is 76.1 cm³/mol. The van der Waals surface area contributed by atoms with Crippen molar-refractivity contribution >= 4 is 17.4 Å². The van der Waals surface area contributed by atoms with Crippen molar-refractivity contribution in [1.82, 2.24) is 4.98 Å². The SMILES string of the molecule is COc1ccc(CNc2ccc(Cl)cn2)c(OC)c1. The lowest BCUT2D eigenvalue weighted by atomic mass is 10.2. The van der Waals surface area contributed by atoms with Crippen molar-refractivity contribution in [3.63, 3.8) is 0 Å². The van der Waals surface area contributed by atoms with Gasteiger partial charge < -0.3 is 14.8 Å². The second kappa shape index (κ2) is 6.29. The summed E-state index contributed by atoms with van der Waals surface area (Å²) in [6, 6.07) is 9.34. The van der Waals surface area contributed by atoms with Crippen LogP contribution in [0.2, 0.25) is 5.02 Å². The highest BCUT2D eigenvalue weighted by atomic mass is 35.5. The van der Waals surface area contributed by atoms with Crippen LogP contribution in [-0.4, -0.2) is 19.2 Å². The van der Waals surface area contributed by atoms with Crippen LogP contribution in [0.5, 0.6) is 11.5 Å². The first-order valence-electron chi connectivity index (χ1n) is 5.79. The Labute approximate surface area is 117 Å². The highest BCUT2D eigenvalue weighted by molar-refractivity contribution is 6.30. The summed E-state index contributed by atoms with van der Waals surface area (Å²) < 4.78 is 10.5. The molecule has 0 aliphatic carbocycles. The van der Waals surface area contributed by atoms with Crippen LogP contribution in [0.15, 0.2) is 36.5 Å². The van der Waals surface area contributed by atoms with Crippen molar-refractivity contribution in [3.8, 4) is 11.5 Å². The molecule has 19 heavy (non-hydrogen) atoms. The zero-order valence-electron chi connectivity index (χ0n) is 10.8. The number of rotatable bonds is 5. The fraction of sp³-hybridized carbons (Fsp3) is 0.214. The topological polar surface area (TPSA) is 43.4 Å². The van der Waals surface area contributed by atoms with Gasteiger partial charge in [-0.3, -0.25) is 0 Å². The van der Waals surface area contributed by atoms with Crippen molar-refractivity contribution < 1.29 is 9.47 Å². The minimum Gasteiger partial charge on any atom is -0.497 e. The summed E-state index contributed by atoms with van der Waals surface area (Å²) in [7, 11) is 3.27. The molecule has 0 unspecified atom stereocenters. The number of hydrogen-bond donors (Lipinski definition) is 1. The largest absolute Gasteiger partial charge is 0.497 e. The number of pyridine rings is 1. The molecule has 0 atom stereocenters. The van der Waals surface area contributed by atoms with Crippen molar-refractivity contribution in [2.24, 2.45) is 0 Å². The molecule has 0 amide bonds. The van der Waals surface area contributed by atoms with Crippen molar-refractivity contribution in [3.05, 3.63) is 47.1 Å². The Morgan fingerprint density at radius 3 is 2.63 bits per heavy atom. The first-order valence-corrected chi connectivity index (χ1v) is 6.17. The van der Waals surface area contributed by atoms with Crippen LogP contribution in [0.25, 0.3) is 0 Å². The fourth-order valence-electron chi connectivity index (χ4n) is 1.66. The van der Waals surface area contributed by atoms with Crippen LogP contribution in [0, 0.1) is 0 Å². The predicted octanol–water partition coefficient (Wildman–Crippen LogP) is 3.36. The molecule has 1 aromatic heterocycles. The molecular formula is C14H15ClN2O2. The Hall–Kier alpha value is -1.94. The second-order valence-electron chi connectivity index (χ2n) is 3.89. The number of halogens is 1. The molecule has 1 N–H and O–H groups in total. The maximum Gasteiger partial charge on any atom is 0.127 e. The van der Waals surface area contributed by atoms with Gasteiger partial charge in [0.2, 0.25) is 0 Å². The average Bonchev–Trinajstić information content (AvgIpc) is 2.46. The Morgan fingerprint density at radius 2 is 2.00 bits per heavy atom. The molecule has 0 saturated carbocycles. The van der Waals surface area contributed by atoms with Crippen LogP contribution in [0.4, 0.5) is 5.82 Å². The van der Waals surface area contributed by atoms with E-state index in [1.165, 1.54) is 0 Å². The highest BCUT2D eigenvalue weighted by Gasteiger charge is 2.05. The van der Waals surface area contributed by atoms with Crippen LogP contribution in [-0.2, 0) is 6.54 Å². The number of hydrogen-bond acceptors (Lipinski definition) is 4. The van der Waals surface area contributed by atoms with Gasteiger partial charge in [-0.05, 0) is 24.3 Å². The van der Waals surface area contributed by atoms with E-state index in [-0.39, 0.29) is 0 Å². The number of anilines is 1. The summed E-state index contributed by atoms with van der Waals surface area (Å²) in [5.41, 5.74) is 1.03. The highest BCUT2D eigenvalue weighted by Crippen LogP contribution is 2.25. The molecule has 1 aromatic carbocycles. The molecule has 1 heterocycles. The quantitative estimate of drug-likeness (QED) is 0.911. The van der Waals surface area contributed by atoms with E-state index in [1.54, 1.807) is 26.5 Å². The van der Waals surface area contributed by atoms with Gasteiger partial charge in [0.25, 0.3) is 0 Å². The molecule has 0 saturated heterocycles. The number of nitrogens with one attached hydrogen (secondary N) is 1. The summed E-state index contributed by atoms with van der Waals surface area (Å²) in [5.74, 6) is 2.31. The van der Waals surface area contributed by atoms with Crippen molar-refractivity contribution in [2.45, 2.75) is 6.54 Å². The van der Waals surface area contributed by atoms with Crippen LogP contribution < -0.4 is 14.8 Å².